The van der Waals surface area contributed by atoms with Crippen molar-refractivity contribution in [1.29, 1.82) is 0 Å². The van der Waals surface area contributed by atoms with Crippen LogP contribution in [0.2, 0.25) is 0 Å². The smallest absolute Gasteiger partial charge is 0.259 e. The van der Waals surface area contributed by atoms with E-state index < -0.39 is 10.0 Å². The molecule has 0 unspecified atom stereocenters. The van der Waals surface area contributed by atoms with Crippen molar-refractivity contribution in [3.8, 4) is 0 Å². The van der Waals surface area contributed by atoms with Gasteiger partial charge in [0.15, 0.2) is 5.03 Å². The van der Waals surface area contributed by atoms with E-state index in [1.54, 1.807) is 18.5 Å². The van der Waals surface area contributed by atoms with Gasteiger partial charge in [0.1, 0.15) is 5.82 Å². The van der Waals surface area contributed by atoms with E-state index in [1.165, 1.54) is 6.20 Å². The Kier molecular flexibility index (Phi) is 4.62. The third-order valence-electron chi connectivity index (χ3n) is 3.01. The van der Waals surface area contributed by atoms with Gasteiger partial charge in [0, 0.05) is 25.1 Å². The van der Waals surface area contributed by atoms with Crippen LogP contribution < -0.4 is 4.72 Å². The highest BCUT2D eigenvalue weighted by Crippen LogP contribution is 2.10. The molecule has 1 N–H and O–H groups in total. The lowest BCUT2D eigenvalue weighted by molar-refractivity contribution is 0.578. The molecule has 0 fully saturated rings. The van der Waals surface area contributed by atoms with Gasteiger partial charge < -0.3 is 4.57 Å². The Bertz CT molecular complexity index is 673. The number of nitrogens with zero attached hydrogens (tertiary/aromatic N) is 2. The van der Waals surface area contributed by atoms with Gasteiger partial charge >= 0.3 is 0 Å². The van der Waals surface area contributed by atoms with Crippen molar-refractivity contribution < 1.29 is 8.42 Å². The second-order valence-corrected chi connectivity index (χ2v) is 6.79. The molecule has 20 heavy (non-hydrogen) atoms. The summed E-state index contributed by atoms with van der Waals surface area (Å²) in [7, 11) is -1.80. The summed E-state index contributed by atoms with van der Waals surface area (Å²) in [6.45, 7) is 2.01. The number of aromatic nitrogens is 2. The summed E-state index contributed by atoms with van der Waals surface area (Å²) >= 11 is 3.37. The standard InChI is InChI=1S/C13H16BrN3O2S/c1-10-16-13(9-17(10)2)20(18,19)15-8-12-5-3-11(7-14)4-6-12/h3-6,9,15H,7-8H2,1-2H3. The van der Waals surface area contributed by atoms with Gasteiger partial charge in [-0.2, -0.15) is 0 Å². The predicted octanol–water partition coefficient (Wildman–Crippen LogP) is 2.10. The van der Waals surface area contributed by atoms with Crippen molar-refractivity contribution in [1.82, 2.24) is 14.3 Å². The highest BCUT2D eigenvalue weighted by molar-refractivity contribution is 9.08. The lowest BCUT2D eigenvalue weighted by Gasteiger charge is -2.05. The van der Waals surface area contributed by atoms with Crippen LogP contribution >= 0.6 is 15.9 Å². The zero-order chi connectivity index (χ0) is 14.8. The fourth-order valence-corrected chi connectivity index (χ4v) is 3.08. The third kappa shape index (κ3) is 3.47. The van der Waals surface area contributed by atoms with Gasteiger partial charge in [-0.15, -0.1) is 0 Å². The Morgan fingerprint density at radius 1 is 1.25 bits per heavy atom. The van der Waals surface area contributed by atoms with Gasteiger partial charge in [-0.05, 0) is 18.1 Å². The Morgan fingerprint density at radius 2 is 1.85 bits per heavy atom. The Labute approximate surface area is 127 Å². The van der Waals surface area contributed by atoms with E-state index in [1.807, 2.05) is 24.3 Å². The number of alkyl halides is 1. The largest absolute Gasteiger partial charge is 0.337 e. The van der Waals surface area contributed by atoms with Crippen LogP contribution in [0.1, 0.15) is 17.0 Å². The number of hydrogen-bond acceptors (Lipinski definition) is 3. The number of halogens is 1. The van der Waals surface area contributed by atoms with Crippen LogP contribution in [0, 0.1) is 6.92 Å². The van der Waals surface area contributed by atoms with Crippen LogP contribution in [0.15, 0.2) is 35.5 Å². The topological polar surface area (TPSA) is 64.0 Å². The average Bonchev–Trinajstić information content (AvgIpc) is 2.78. The zero-order valence-corrected chi connectivity index (χ0v) is 13.7. The van der Waals surface area contributed by atoms with Crippen molar-refractivity contribution in [2.45, 2.75) is 23.8 Å². The van der Waals surface area contributed by atoms with Crippen molar-refractivity contribution in [3.63, 3.8) is 0 Å². The molecule has 0 spiro atoms. The van der Waals surface area contributed by atoms with Crippen molar-refractivity contribution in [2.75, 3.05) is 0 Å². The van der Waals surface area contributed by atoms with E-state index in [0.29, 0.717) is 5.82 Å². The first-order valence-electron chi connectivity index (χ1n) is 6.06. The molecule has 0 aliphatic carbocycles. The fourth-order valence-electron chi connectivity index (χ4n) is 1.65. The van der Waals surface area contributed by atoms with E-state index in [0.717, 1.165) is 16.5 Å². The summed E-state index contributed by atoms with van der Waals surface area (Å²) in [6, 6.07) is 7.73. The van der Waals surface area contributed by atoms with Crippen LogP contribution in [0.5, 0.6) is 0 Å². The lowest BCUT2D eigenvalue weighted by Crippen LogP contribution is -2.23. The minimum atomic E-state index is -3.57. The molecule has 5 nitrogen and oxygen atoms in total. The molecule has 7 heteroatoms. The quantitative estimate of drug-likeness (QED) is 0.833. The van der Waals surface area contributed by atoms with Gasteiger partial charge in [0.05, 0.1) is 0 Å². The first-order valence-corrected chi connectivity index (χ1v) is 8.66. The lowest BCUT2D eigenvalue weighted by atomic mass is 10.2. The summed E-state index contributed by atoms with van der Waals surface area (Å²) in [4.78, 5) is 4.03. The van der Waals surface area contributed by atoms with Crippen molar-refractivity contribution >= 4 is 26.0 Å². The summed E-state index contributed by atoms with van der Waals surface area (Å²) in [5, 5.41) is 0.834. The van der Waals surface area contributed by atoms with Gasteiger partial charge in [0.25, 0.3) is 10.0 Å². The number of nitrogens with one attached hydrogen (secondary N) is 1. The van der Waals surface area contributed by atoms with Gasteiger partial charge in [-0.3, -0.25) is 0 Å². The molecule has 1 aromatic carbocycles. The molecule has 0 radical (unpaired) electrons. The first kappa shape index (κ1) is 15.2. The molecule has 0 bridgehead atoms. The number of aryl methyl sites for hydroxylation is 2. The molecule has 2 rings (SSSR count). The van der Waals surface area contributed by atoms with E-state index in [4.69, 9.17) is 0 Å². The molecule has 0 atom stereocenters. The monoisotopic (exact) mass is 357 g/mol. The maximum Gasteiger partial charge on any atom is 0.259 e. The average molecular weight is 358 g/mol. The second-order valence-electron chi connectivity index (χ2n) is 4.51. The van der Waals surface area contributed by atoms with Gasteiger partial charge in [0.2, 0.25) is 0 Å². The molecule has 1 aromatic heterocycles. The minimum absolute atomic E-state index is 0.0505. The minimum Gasteiger partial charge on any atom is -0.337 e. The number of rotatable bonds is 5. The summed E-state index contributed by atoms with van der Waals surface area (Å²) in [5.41, 5.74) is 2.06. The SMILES string of the molecule is Cc1nc(S(=O)(=O)NCc2ccc(CBr)cc2)cn1C. The Morgan fingerprint density at radius 3 is 2.35 bits per heavy atom. The van der Waals surface area contributed by atoms with Crippen molar-refractivity contribution in [3.05, 3.63) is 47.4 Å². The van der Waals surface area contributed by atoms with Gasteiger partial charge in [-0.25, -0.2) is 18.1 Å². The first-order chi connectivity index (χ1) is 9.42. The van der Waals surface area contributed by atoms with Crippen LogP contribution in [0.3, 0.4) is 0 Å². The molecule has 0 saturated heterocycles. The van der Waals surface area contributed by atoms with E-state index in [9.17, 15) is 8.42 Å². The van der Waals surface area contributed by atoms with E-state index in [2.05, 4.69) is 25.6 Å². The molecule has 0 aliphatic rings. The number of hydrogen-bond donors (Lipinski definition) is 1. The maximum atomic E-state index is 12.1. The normalized spacial score (nSPS) is 11.8. The van der Waals surface area contributed by atoms with Crippen LogP contribution in [0.4, 0.5) is 0 Å². The fraction of sp³-hybridized carbons (Fsp3) is 0.308. The number of sulfonamides is 1. The predicted molar refractivity (Wildman–Crippen MR) is 81.0 cm³/mol. The zero-order valence-electron chi connectivity index (χ0n) is 11.3. The molecule has 1 heterocycles. The summed E-state index contributed by atoms with van der Waals surface area (Å²) in [6.07, 6.45) is 1.51. The van der Waals surface area contributed by atoms with Crippen LogP contribution in [-0.2, 0) is 28.9 Å². The van der Waals surface area contributed by atoms with E-state index >= 15 is 0 Å². The van der Waals surface area contributed by atoms with Crippen LogP contribution in [-0.4, -0.2) is 18.0 Å². The van der Waals surface area contributed by atoms with Crippen molar-refractivity contribution in [2.24, 2.45) is 7.05 Å². The van der Waals surface area contributed by atoms with Gasteiger partial charge in [-0.1, -0.05) is 40.2 Å². The third-order valence-corrected chi connectivity index (χ3v) is 4.92. The molecule has 108 valence electrons. The number of imidazole rings is 1. The highest BCUT2D eigenvalue weighted by atomic mass is 79.9. The summed E-state index contributed by atoms with van der Waals surface area (Å²) < 4.78 is 28.4. The highest BCUT2D eigenvalue weighted by Gasteiger charge is 2.17. The molecular weight excluding hydrogens is 342 g/mol. The molecule has 2 aromatic rings. The molecular formula is C13H16BrN3O2S. The molecule has 0 saturated carbocycles. The number of benzene rings is 1. The molecule has 0 aliphatic heterocycles. The molecule has 0 amide bonds. The Hall–Kier alpha value is -1.18. The second kappa shape index (κ2) is 6.07. The Balaban J connectivity index is 2.08. The summed E-state index contributed by atoms with van der Waals surface area (Å²) in [5.74, 6) is 0.659. The van der Waals surface area contributed by atoms with E-state index in [-0.39, 0.29) is 11.6 Å². The maximum absolute atomic E-state index is 12.1. The van der Waals surface area contributed by atoms with Crippen LogP contribution in [0.25, 0.3) is 0 Å².